The Balaban J connectivity index is 2.39. The lowest BCUT2D eigenvalue weighted by molar-refractivity contribution is -0.122. The molecule has 1 heterocycles. The number of rotatable bonds is 8. The van der Waals surface area contributed by atoms with E-state index in [0.717, 1.165) is 17.8 Å². The van der Waals surface area contributed by atoms with Crippen molar-refractivity contribution in [2.75, 3.05) is 6.54 Å². The molecule has 0 radical (unpaired) electrons. The summed E-state index contributed by atoms with van der Waals surface area (Å²) < 4.78 is 0. The molecule has 1 aromatic heterocycles. The van der Waals surface area contributed by atoms with E-state index in [9.17, 15) is 4.79 Å². The summed E-state index contributed by atoms with van der Waals surface area (Å²) in [6, 6.07) is -0.00629. The Morgan fingerprint density at radius 3 is 2.60 bits per heavy atom. The second kappa shape index (κ2) is 8.37. The van der Waals surface area contributed by atoms with Gasteiger partial charge in [-0.15, -0.1) is 11.3 Å². The molecule has 0 aliphatic heterocycles. The molecular weight excluding hydrogens is 270 g/mol. The molecule has 0 aliphatic rings. The van der Waals surface area contributed by atoms with Crippen LogP contribution in [0, 0.1) is 18.8 Å². The van der Waals surface area contributed by atoms with Crippen molar-refractivity contribution in [1.82, 2.24) is 10.3 Å². The molecule has 0 saturated heterocycles. The van der Waals surface area contributed by atoms with E-state index in [4.69, 9.17) is 5.73 Å². The smallest absolute Gasteiger partial charge is 0.220 e. The van der Waals surface area contributed by atoms with Gasteiger partial charge in [-0.1, -0.05) is 13.8 Å². The Hall–Kier alpha value is -0.940. The lowest BCUT2D eigenvalue weighted by Gasteiger charge is -2.20. The quantitative estimate of drug-likeness (QED) is 0.775. The summed E-state index contributed by atoms with van der Waals surface area (Å²) in [4.78, 5) is 17.5. The Labute approximate surface area is 126 Å². The van der Waals surface area contributed by atoms with Crippen LogP contribution in [-0.4, -0.2) is 17.4 Å². The molecular formula is C15H27N3OS. The monoisotopic (exact) mass is 297 g/mol. The minimum Gasteiger partial charge on any atom is -0.347 e. The maximum atomic E-state index is 12.0. The van der Waals surface area contributed by atoms with Crippen molar-refractivity contribution < 1.29 is 4.79 Å². The molecule has 1 rings (SSSR count). The molecule has 0 aromatic carbocycles. The molecule has 0 aliphatic carbocycles. The van der Waals surface area contributed by atoms with Crippen molar-refractivity contribution >= 4 is 17.2 Å². The zero-order chi connectivity index (χ0) is 15.1. The van der Waals surface area contributed by atoms with Crippen LogP contribution < -0.4 is 11.1 Å². The van der Waals surface area contributed by atoms with Crippen molar-refractivity contribution in [2.45, 2.75) is 53.0 Å². The second-order valence-corrected chi connectivity index (χ2v) is 6.98. The number of aryl methyl sites for hydroxylation is 1. The van der Waals surface area contributed by atoms with Gasteiger partial charge in [0, 0.05) is 17.5 Å². The van der Waals surface area contributed by atoms with Crippen LogP contribution in [0.1, 0.15) is 56.0 Å². The predicted molar refractivity (Wildman–Crippen MR) is 84.6 cm³/mol. The van der Waals surface area contributed by atoms with Gasteiger partial charge in [0.05, 0.1) is 6.04 Å². The van der Waals surface area contributed by atoms with Gasteiger partial charge in [-0.3, -0.25) is 4.79 Å². The van der Waals surface area contributed by atoms with Gasteiger partial charge in [0.25, 0.3) is 0 Å². The molecule has 4 nitrogen and oxygen atoms in total. The SMILES string of the molecule is Cc1cnc(C(C)NC(=O)CCC(CCN)C(C)C)s1. The van der Waals surface area contributed by atoms with Crippen LogP contribution in [0.4, 0.5) is 0 Å². The molecule has 20 heavy (non-hydrogen) atoms. The number of carbonyl (C=O) groups excluding carboxylic acids is 1. The van der Waals surface area contributed by atoms with E-state index < -0.39 is 0 Å². The van der Waals surface area contributed by atoms with Gasteiger partial charge >= 0.3 is 0 Å². The van der Waals surface area contributed by atoms with E-state index in [0.29, 0.717) is 24.8 Å². The summed E-state index contributed by atoms with van der Waals surface area (Å²) in [6.45, 7) is 9.09. The lowest BCUT2D eigenvalue weighted by Crippen LogP contribution is -2.27. The molecule has 3 N–H and O–H groups in total. The number of aromatic nitrogens is 1. The predicted octanol–water partition coefficient (Wildman–Crippen LogP) is 3.03. The molecule has 114 valence electrons. The van der Waals surface area contributed by atoms with Crippen molar-refractivity contribution in [1.29, 1.82) is 0 Å². The first-order valence-electron chi connectivity index (χ1n) is 7.35. The summed E-state index contributed by atoms with van der Waals surface area (Å²) in [6.07, 6.45) is 4.31. The van der Waals surface area contributed by atoms with E-state index in [2.05, 4.69) is 24.1 Å². The number of nitrogens with zero attached hydrogens (tertiary/aromatic N) is 1. The van der Waals surface area contributed by atoms with E-state index >= 15 is 0 Å². The number of nitrogens with two attached hydrogens (primary N) is 1. The Bertz CT molecular complexity index is 417. The first-order chi connectivity index (χ1) is 9.43. The Kier molecular flexibility index (Phi) is 7.16. The average Bonchev–Trinajstić information content (AvgIpc) is 2.80. The molecule has 0 bridgehead atoms. The van der Waals surface area contributed by atoms with Crippen LogP contribution in [0.5, 0.6) is 0 Å². The Morgan fingerprint density at radius 1 is 1.40 bits per heavy atom. The highest BCUT2D eigenvalue weighted by molar-refractivity contribution is 7.11. The van der Waals surface area contributed by atoms with Crippen LogP contribution in [0.25, 0.3) is 0 Å². The molecule has 1 aromatic rings. The topological polar surface area (TPSA) is 68.0 Å². The van der Waals surface area contributed by atoms with Crippen LogP contribution >= 0.6 is 11.3 Å². The fourth-order valence-electron chi connectivity index (χ4n) is 2.29. The summed E-state index contributed by atoms with van der Waals surface area (Å²) in [7, 11) is 0. The first kappa shape index (κ1) is 17.1. The maximum absolute atomic E-state index is 12.0. The molecule has 2 unspecified atom stereocenters. The number of nitrogens with one attached hydrogen (secondary N) is 1. The molecule has 0 fully saturated rings. The molecule has 2 atom stereocenters. The van der Waals surface area contributed by atoms with Gasteiger partial charge in [-0.05, 0) is 45.1 Å². The van der Waals surface area contributed by atoms with Crippen LogP contribution in [0.15, 0.2) is 6.20 Å². The van der Waals surface area contributed by atoms with Crippen LogP contribution in [0.3, 0.4) is 0 Å². The summed E-state index contributed by atoms with van der Waals surface area (Å²) in [5, 5.41) is 3.99. The van der Waals surface area contributed by atoms with Gasteiger partial charge in [-0.25, -0.2) is 4.98 Å². The summed E-state index contributed by atoms with van der Waals surface area (Å²) in [5.41, 5.74) is 5.63. The number of carbonyl (C=O) groups is 1. The van der Waals surface area contributed by atoms with Gasteiger partial charge in [-0.2, -0.15) is 0 Å². The molecule has 0 spiro atoms. The third-order valence-corrected chi connectivity index (χ3v) is 4.71. The van der Waals surface area contributed by atoms with Crippen molar-refractivity contribution in [2.24, 2.45) is 17.6 Å². The fraction of sp³-hybridized carbons (Fsp3) is 0.733. The van der Waals surface area contributed by atoms with E-state index in [1.165, 1.54) is 4.88 Å². The van der Waals surface area contributed by atoms with Crippen molar-refractivity contribution in [3.63, 3.8) is 0 Å². The van der Waals surface area contributed by atoms with E-state index in [1.807, 2.05) is 20.0 Å². The number of amides is 1. The third-order valence-electron chi connectivity index (χ3n) is 3.61. The number of hydrogen-bond acceptors (Lipinski definition) is 4. The van der Waals surface area contributed by atoms with Gasteiger partial charge in [0.2, 0.25) is 5.91 Å². The van der Waals surface area contributed by atoms with Gasteiger partial charge in [0.15, 0.2) is 0 Å². The van der Waals surface area contributed by atoms with Gasteiger partial charge in [0.1, 0.15) is 5.01 Å². The minimum absolute atomic E-state index is 0.00629. The summed E-state index contributed by atoms with van der Waals surface area (Å²) >= 11 is 1.63. The largest absolute Gasteiger partial charge is 0.347 e. The average molecular weight is 297 g/mol. The van der Waals surface area contributed by atoms with Crippen LogP contribution in [-0.2, 0) is 4.79 Å². The highest BCUT2D eigenvalue weighted by Crippen LogP contribution is 2.22. The van der Waals surface area contributed by atoms with Gasteiger partial charge < -0.3 is 11.1 Å². The summed E-state index contributed by atoms with van der Waals surface area (Å²) in [5.74, 6) is 1.21. The van der Waals surface area contributed by atoms with Crippen LogP contribution in [0.2, 0.25) is 0 Å². The first-order valence-corrected chi connectivity index (χ1v) is 8.17. The lowest BCUT2D eigenvalue weighted by atomic mass is 9.88. The third kappa shape index (κ3) is 5.59. The highest BCUT2D eigenvalue weighted by atomic mass is 32.1. The highest BCUT2D eigenvalue weighted by Gasteiger charge is 2.16. The zero-order valence-corrected chi connectivity index (χ0v) is 13.8. The Morgan fingerprint density at radius 2 is 2.10 bits per heavy atom. The van der Waals surface area contributed by atoms with Crippen molar-refractivity contribution in [3.8, 4) is 0 Å². The zero-order valence-electron chi connectivity index (χ0n) is 13.0. The fourth-order valence-corrected chi connectivity index (χ4v) is 3.07. The maximum Gasteiger partial charge on any atom is 0.220 e. The minimum atomic E-state index is -0.00629. The van der Waals surface area contributed by atoms with Crippen molar-refractivity contribution in [3.05, 3.63) is 16.1 Å². The molecule has 1 amide bonds. The molecule has 0 saturated carbocycles. The number of hydrogen-bond donors (Lipinski definition) is 2. The number of thiazole rings is 1. The van der Waals surface area contributed by atoms with E-state index in [1.54, 1.807) is 11.3 Å². The standard InChI is InChI=1S/C15H27N3OS/c1-10(2)13(7-8-16)5-6-14(19)18-12(4)15-17-9-11(3)20-15/h9-10,12-13H,5-8,16H2,1-4H3,(H,18,19). The van der Waals surface area contributed by atoms with E-state index in [-0.39, 0.29) is 11.9 Å². The normalized spacial score (nSPS) is 14.3. The second-order valence-electron chi connectivity index (χ2n) is 5.72. The molecule has 5 heteroatoms.